The first kappa shape index (κ1) is 20.7. The fourth-order valence-corrected chi connectivity index (χ4v) is 3.88. The first-order valence-electron chi connectivity index (χ1n) is 9.61. The summed E-state index contributed by atoms with van der Waals surface area (Å²) in [5, 5.41) is 11.0. The Bertz CT molecular complexity index is 1060. The van der Waals surface area contributed by atoms with Gasteiger partial charge in [-0.15, -0.1) is 0 Å². The number of ether oxygens (including phenoxy) is 1. The molecule has 2 aromatic carbocycles. The van der Waals surface area contributed by atoms with Gasteiger partial charge < -0.3 is 14.7 Å². The number of halogens is 2. The van der Waals surface area contributed by atoms with Gasteiger partial charge >= 0.3 is 0 Å². The number of aliphatic hydroxyl groups excluding tert-OH is 1. The Hall–Kier alpha value is -2.60. The molecule has 1 N–H and O–H groups in total. The Morgan fingerprint density at radius 1 is 1.13 bits per heavy atom. The Morgan fingerprint density at radius 2 is 1.90 bits per heavy atom. The molecule has 0 amide bonds. The van der Waals surface area contributed by atoms with E-state index in [0.717, 1.165) is 18.7 Å². The van der Waals surface area contributed by atoms with Gasteiger partial charge in [-0.2, -0.15) is 0 Å². The number of nitrogens with zero attached hydrogens (tertiary/aromatic N) is 2. The molecule has 7 heteroatoms. The zero-order valence-corrected chi connectivity index (χ0v) is 17.6. The fourth-order valence-electron chi connectivity index (χ4n) is 3.59. The summed E-state index contributed by atoms with van der Waals surface area (Å²) in [4.78, 5) is 19.1. The molecule has 30 heavy (non-hydrogen) atoms. The molecule has 4 rings (SSSR count). The Kier molecular flexibility index (Phi) is 6.23. The zero-order valence-electron chi connectivity index (χ0n) is 16.1. The van der Waals surface area contributed by atoms with Crippen LogP contribution in [-0.4, -0.2) is 35.1 Å². The molecule has 2 heterocycles. The number of rotatable bonds is 6. The average Bonchev–Trinajstić information content (AvgIpc) is 3.23. The molecule has 1 aliphatic heterocycles. The molecule has 1 unspecified atom stereocenters. The maximum Gasteiger partial charge on any atom is 0.232 e. The summed E-state index contributed by atoms with van der Waals surface area (Å²) in [7, 11) is 0. The van der Waals surface area contributed by atoms with Gasteiger partial charge in [0.1, 0.15) is 11.1 Å². The van der Waals surface area contributed by atoms with Gasteiger partial charge in [0.15, 0.2) is 5.78 Å². The first-order chi connectivity index (χ1) is 14.5. The second-order valence-electron chi connectivity index (χ2n) is 7.10. The fraction of sp³-hybridized carbons (Fsp3) is 0.217. The number of pyridine rings is 1. The lowest BCUT2D eigenvalue weighted by Crippen LogP contribution is -2.25. The highest BCUT2D eigenvalue weighted by atomic mass is 35.5. The van der Waals surface area contributed by atoms with E-state index in [0.29, 0.717) is 39.2 Å². The van der Waals surface area contributed by atoms with Crippen LogP contribution in [0.2, 0.25) is 10.0 Å². The van der Waals surface area contributed by atoms with Crippen molar-refractivity contribution < 1.29 is 14.6 Å². The van der Waals surface area contributed by atoms with E-state index in [9.17, 15) is 9.90 Å². The van der Waals surface area contributed by atoms with Gasteiger partial charge in [0.05, 0.1) is 13.2 Å². The predicted octanol–water partition coefficient (Wildman–Crippen LogP) is 4.77. The lowest BCUT2D eigenvalue weighted by molar-refractivity contribution is 0.103. The highest BCUT2D eigenvalue weighted by Crippen LogP contribution is 2.29. The Morgan fingerprint density at radius 3 is 2.63 bits per heavy atom. The standard InChI is InChI=1S/C23H20Cl2N2O3/c24-18-6-3-15(4-7-18)22(29)16-5-8-21(17(12-16)14-28)27-11-9-19(13-27)30-23-20(25)2-1-10-26-23/h1-8,10,12,19,28H,9,11,13-14H2. The number of aromatic nitrogens is 1. The number of anilines is 1. The molecule has 0 radical (unpaired) electrons. The molecular formula is C23H20Cl2N2O3. The van der Waals surface area contributed by atoms with Gasteiger partial charge in [-0.3, -0.25) is 4.79 Å². The molecule has 0 spiro atoms. The number of benzene rings is 2. The maximum atomic E-state index is 12.8. The summed E-state index contributed by atoms with van der Waals surface area (Å²) in [6.45, 7) is 1.25. The summed E-state index contributed by atoms with van der Waals surface area (Å²) >= 11 is 12.0. The van der Waals surface area contributed by atoms with Crippen LogP contribution in [0, 0.1) is 0 Å². The van der Waals surface area contributed by atoms with Crippen LogP contribution in [0.4, 0.5) is 5.69 Å². The Balaban J connectivity index is 1.50. The molecule has 0 saturated carbocycles. The molecule has 3 aromatic rings. The molecule has 1 aromatic heterocycles. The largest absolute Gasteiger partial charge is 0.471 e. The van der Waals surface area contributed by atoms with Crippen LogP contribution in [0.1, 0.15) is 27.9 Å². The van der Waals surface area contributed by atoms with Crippen molar-refractivity contribution in [2.45, 2.75) is 19.1 Å². The second-order valence-corrected chi connectivity index (χ2v) is 7.95. The highest BCUT2D eigenvalue weighted by Gasteiger charge is 2.27. The summed E-state index contributed by atoms with van der Waals surface area (Å²) in [5.74, 6) is 0.317. The molecular weight excluding hydrogens is 423 g/mol. The quantitative estimate of drug-likeness (QED) is 0.557. The monoisotopic (exact) mass is 442 g/mol. The topological polar surface area (TPSA) is 62.7 Å². The van der Waals surface area contributed by atoms with Gasteiger partial charge in [-0.05, 0) is 54.6 Å². The van der Waals surface area contributed by atoms with Gasteiger partial charge in [0.2, 0.25) is 5.88 Å². The minimum Gasteiger partial charge on any atom is -0.471 e. The number of hydrogen-bond acceptors (Lipinski definition) is 5. The van der Waals surface area contributed by atoms with E-state index in [1.165, 1.54) is 0 Å². The van der Waals surface area contributed by atoms with Gasteiger partial charge in [-0.1, -0.05) is 23.2 Å². The SMILES string of the molecule is O=C(c1ccc(Cl)cc1)c1ccc(N2CCC(Oc3ncccc3Cl)C2)c(CO)c1. The molecule has 5 nitrogen and oxygen atoms in total. The molecule has 1 saturated heterocycles. The predicted molar refractivity (Wildman–Crippen MR) is 118 cm³/mol. The number of carbonyl (C=O) groups is 1. The average molecular weight is 443 g/mol. The van der Waals surface area contributed by atoms with Crippen LogP contribution < -0.4 is 9.64 Å². The zero-order chi connectivity index (χ0) is 21.1. The highest BCUT2D eigenvalue weighted by molar-refractivity contribution is 6.31. The summed E-state index contributed by atoms with van der Waals surface area (Å²) in [6.07, 6.45) is 2.40. The van der Waals surface area contributed by atoms with Crippen molar-refractivity contribution in [1.82, 2.24) is 4.98 Å². The molecule has 0 aliphatic carbocycles. The molecule has 1 atom stereocenters. The number of ketones is 1. The van der Waals surface area contributed by atoms with Crippen LogP contribution in [0.15, 0.2) is 60.8 Å². The minimum absolute atomic E-state index is 0.0562. The van der Waals surface area contributed by atoms with Crippen molar-refractivity contribution in [3.8, 4) is 5.88 Å². The number of aliphatic hydroxyl groups is 1. The van der Waals surface area contributed by atoms with Crippen LogP contribution >= 0.6 is 23.2 Å². The molecule has 1 aliphatic rings. The van der Waals surface area contributed by atoms with Crippen LogP contribution in [-0.2, 0) is 6.61 Å². The third kappa shape index (κ3) is 4.43. The first-order valence-corrected chi connectivity index (χ1v) is 10.4. The molecule has 0 bridgehead atoms. The summed E-state index contributed by atoms with van der Waals surface area (Å²) < 4.78 is 5.95. The van der Waals surface area contributed by atoms with Crippen molar-refractivity contribution in [2.75, 3.05) is 18.0 Å². The van der Waals surface area contributed by atoms with E-state index in [1.54, 1.807) is 54.7 Å². The van der Waals surface area contributed by atoms with E-state index in [2.05, 4.69) is 9.88 Å². The van der Waals surface area contributed by atoms with E-state index >= 15 is 0 Å². The van der Waals surface area contributed by atoms with E-state index in [-0.39, 0.29) is 18.5 Å². The smallest absolute Gasteiger partial charge is 0.232 e. The molecule has 1 fully saturated rings. The van der Waals surface area contributed by atoms with Crippen molar-refractivity contribution in [3.05, 3.63) is 87.5 Å². The van der Waals surface area contributed by atoms with Crippen LogP contribution in [0.25, 0.3) is 0 Å². The van der Waals surface area contributed by atoms with Crippen LogP contribution in [0.3, 0.4) is 0 Å². The van der Waals surface area contributed by atoms with Gasteiger partial charge in [-0.25, -0.2) is 4.98 Å². The van der Waals surface area contributed by atoms with E-state index in [4.69, 9.17) is 27.9 Å². The third-order valence-corrected chi connectivity index (χ3v) is 5.65. The normalized spacial score (nSPS) is 16.0. The van der Waals surface area contributed by atoms with Crippen molar-refractivity contribution in [3.63, 3.8) is 0 Å². The van der Waals surface area contributed by atoms with Gasteiger partial charge in [0, 0.05) is 46.6 Å². The minimum atomic E-state index is -0.162. The Labute approximate surface area is 184 Å². The lowest BCUT2D eigenvalue weighted by atomic mass is 10.00. The van der Waals surface area contributed by atoms with Crippen molar-refractivity contribution in [1.29, 1.82) is 0 Å². The van der Waals surface area contributed by atoms with E-state index in [1.807, 2.05) is 6.07 Å². The molecule has 154 valence electrons. The van der Waals surface area contributed by atoms with Crippen LogP contribution in [0.5, 0.6) is 5.88 Å². The lowest BCUT2D eigenvalue weighted by Gasteiger charge is -2.22. The van der Waals surface area contributed by atoms with E-state index < -0.39 is 0 Å². The van der Waals surface area contributed by atoms with Crippen molar-refractivity contribution in [2.24, 2.45) is 0 Å². The number of carbonyl (C=O) groups excluding carboxylic acids is 1. The second kappa shape index (κ2) is 9.04. The third-order valence-electron chi connectivity index (χ3n) is 5.11. The summed E-state index contributed by atoms with van der Waals surface area (Å²) in [6, 6.07) is 15.7. The maximum absolute atomic E-state index is 12.8. The van der Waals surface area contributed by atoms with Crippen molar-refractivity contribution >= 4 is 34.7 Å². The van der Waals surface area contributed by atoms with Gasteiger partial charge in [0.25, 0.3) is 0 Å². The number of hydrogen-bond donors (Lipinski definition) is 1. The summed E-state index contributed by atoms with van der Waals surface area (Å²) in [5.41, 5.74) is 2.67.